The highest BCUT2D eigenvalue weighted by Gasteiger charge is 2.12. The molecule has 6 heteroatoms. The van der Waals surface area contributed by atoms with E-state index in [-0.39, 0.29) is 18.0 Å². The second-order valence-corrected chi connectivity index (χ2v) is 7.54. The standard InChI is InChI=1S/C22H19N3O2S/c1-2-16-12-18-21(28-16)23-14-25(22(18)27)13-20(26)24-19-11-7-6-10-17(19)15-8-4-3-5-9-15/h3-12,14H,2,13H2,1H3,(H,24,26). The molecule has 0 fully saturated rings. The third-order valence-electron chi connectivity index (χ3n) is 4.52. The Morgan fingerprint density at radius 2 is 1.86 bits per heavy atom. The quantitative estimate of drug-likeness (QED) is 0.553. The summed E-state index contributed by atoms with van der Waals surface area (Å²) in [5.74, 6) is -0.266. The van der Waals surface area contributed by atoms with Gasteiger partial charge < -0.3 is 5.32 Å². The first-order valence-corrected chi connectivity index (χ1v) is 9.89. The van der Waals surface area contributed by atoms with Gasteiger partial charge in [0.2, 0.25) is 5.91 Å². The molecule has 2 aromatic heterocycles. The van der Waals surface area contributed by atoms with Gasteiger partial charge in [-0.3, -0.25) is 14.2 Å². The first kappa shape index (κ1) is 18.1. The van der Waals surface area contributed by atoms with E-state index in [9.17, 15) is 9.59 Å². The first-order chi connectivity index (χ1) is 13.7. The number of nitrogens with zero attached hydrogens (tertiary/aromatic N) is 2. The first-order valence-electron chi connectivity index (χ1n) is 9.08. The Morgan fingerprint density at radius 3 is 2.64 bits per heavy atom. The van der Waals surface area contributed by atoms with Crippen LogP contribution in [0.4, 0.5) is 5.69 Å². The van der Waals surface area contributed by atoms with Gasteiger partial charge in [-0.2, -0.15) is 0 Å². The van der Waals surface area contributed by atoms with Crippen LogP contribution in [0, 0.1) is 0 Å². The maximum Gasteiger partial charge on any atom is 0.262 e. The molecule has 0 unspecified atom stereocenters. The lowest BCUT2D eigenvalue weighted by molar-refractivity contribution is -0.116. The lowest BCUT2D eigenvalue weighted by Crippen LogP contribution is -2.27. The van der Waals surface area contributed by atoms with Crippen LogP contribution in [0.5, 0.6) is 0 Å². The molecular formula is C22H19N3O2S. The van der Waals surface area contributed by atoms with E-state index in [4.69, 9.17) is 0 Å². The van der Waals surface area contributed by atoms with E-state index in [1.165, 1.54) is 22.2 Å². The number of thiophene rings is 1. The van der Waals surface area contributed by atoms with E-state index in [1.54, 1.807) is 0 Å². The van der Waals surface area contributed by atoms with Crippen molar-refractivity contribution < 1.29 is 4.79 Å². The zero-order valence-electron chi connectivity index (χ0n) is 15.4. The lowest BCUT2D eigenvalue weighted by Gasteiger charge is -2.12. The van der Waals surface area contributed by atoms with E-state index in [2.05, 4.69) is 10.3 Å². The smallest absolute Gasteiger partial charge is 0.262 e. The minimum atomic E-state index is -0.266. The molecular weight excluding hydrogens is 370 g/mol. The second kappa shape index (κ2) is 7.78. The molecule has 0 radical (unpaired) electrons. The van der Waals surface area contributed by atoms with Crippen molar-refractivity contribution in [3.05, 3.63) is 82.2 Å². The van der Waals surface area contributed by atoms with Crippen molar-refractivity contribution >= 4 is 33.1 Å². The number of anilines is 1. The Labute approximate surface area is 166 Å². The zero-order chi connectivity index (χ0) is 19.5. The number of aromatic nitrogens is 2. The molecule has 4 rings (SSSR count). The number of carbonyl (C=O) groups is 1. The van der Waals surface area contributed by atoms with Crippen molar-refractivity contribution in [2.75, 3.05) is 5.32 Å². The number of benzene rings is 2. The predicted octanol–water partition coefficient (Wildman–Crippen LogP) is 4.33. The summed E-state index contributed by atoms with van der Waals surface area (Å²) in [6.07, 6.45) is 2.31. The highest BCUT2D eigenvalue weighted by Crippen LogP contribution is 2.27. The van der Waals surface area contributed by atoms with E-state index < -0.39 is 0 Å². The molecule has 0 saturated heterocycles. The number of aryl methyl sites for hydroxylation is 1. The summed E-state index contributed by atoms with van der Waals surface area (Å²) in [7, 11) is 0. The summed E-state index contributed by atoms with van der Waals surface area (Å²) in [5.41, 5.74) is 2.48. The molecule has 0 aliphatic heterocycles. The van der Waals surface area contributed by atoms with Crippen LogP contribution in [0.3, 0.4) is 0 Å². The van der Waals surface area contributed by atoms with Crippen LogP contribution in [0.1, 0.15) is 11.8 Å². The van der Waals surface area contributed by atoms with Crippen LogP contribution in [0.2, 0.25) is 0 Å². The fourth-order valence-electron chi connectivity index (χ4n) is 3.10. The van der Waals surface area contributed by atoms with Gasteiger partial charge in [-0.1, -0.05) is 55.5 Å². The van der Waals surface area contributed by atoms with Crippen molar-refractivity contribution in [1.82, 2.24) is 9.55 Å². The van der Waals surface area contributed by atoms with Crippen molar-refractivity contribution in [2.45, 2.75) is 19.9 Å². The second-order valence-electron chi connectivity index (χ2n) is 6.42. The highest BCUT2D eigenvalue weighted by molar-refractivity contribution is 7.18. The number of rotatable bonds is 5. The fraction of sp³-hybridized carbons (Fsp3) is 0.136. The number of amides is 1. The number of hydrogen-bond donors (Lipinski definition) is 1. The number of hydrogen-bond acceptors (Lipinski definition) is 4. The largest absolute Gasteiger partial charge is 0.324 e. The van der Waals surface area contributed by atoms with Crippen LogP contribution in [-0.4, -0.2) is 15.5 Å². The molecule has 0 aliphatic rings. The minimum absolute atomic E-state index is 0.0811. The number of fused-ring (bicyclic) bond motifs is 1. The molecule has 2 aromatic carbocycles. The minimum Gasteiger partial charge on any atom is -0.324 e. The number of para-hydroxylation sites is 1. The van der Waals surface area contributed by atoms with Crippen molar-refractivity contribution in [3.63, 3.8) is 0 Å². The van der Waals surface area contributed by atoms with Gasteiger partial charge in [0.25, 0.3) is 5.56 Å². The van der Waals surface area contributed by atoms with E-state index in [0.29, 0.717) is 15.9 Å². The van der Waals surface area contributed by atoms with Gasteiger partial charge in [-0.25, -0.2) is 4.98 Å². The molecule has 0 saturated carbocycles. The van der Waals surface area contributed by atoms with Gasteiger partial charge in [0.1, 0.15) is 11.4 Å². The molecule has 2 heterocycles. The zero-order valence-corrected chi connectivity index (χ0v) is 16.2. The summed E-state index contributed by atoms with van der Waals surface area (Å²) in [6.45, 7) is 1.96. The third-order valence-corrected chi connectivity index (χ3v) is 5.70. The van der Waals surface area contributed by atoms with Gasteiger partial charge in [-0.15, -0.1) is 11.3 Å². The molecule has 1 N–H and O–H groups in total. The Bertz CT molecular complexity index is 1200. The number of nitrogens with one attached hydrogen (secondary N) is 1. The Balaban J connectivity index is 1.58. The van der Waals surface area contributed by atoms with Gasteiger partial charge in [0.15, 0.2) is 0 Å². The van der Waals surface area contributed by atoms with Gasteiger partial charge >= 0.3 is 0 Å². The molecule has 4 aromatic rings. The van der Waals surface area contributed by atoms with E-state index in [1.807, 2.05) is 67.6 Å². The summed E-state index contributed by atoms with van der Waals surface area (Å²) in [4.78, 5) is 31.5. The fourth-order valence-corrected chi connectivity index (χ4v) is 4.03. The SMILES string of the molecule is CCc1cc2c(=O)n(CC(=O)Nc3ccccc3-c3ccccc3)cnc2s1. The van der Waals surface area contributed by atoms with Gasteiger partial charge in [-0.05, 0) is 24.1 Å². The van der Waals surface area contributed by atoms with Crippen LogP contribution >= 0.6 is 11.3 Å². The van der Waals surface area contributed by atoms with E-state index >= 15 is 0 Å². The van der Waals surface area contributed by atoms with Crippen molar-refractivity contribution in [2.24, 2.45) is 0 Å². The summed E-state index contributed by atoms with van der Waals surface area (Å²) in [5, 5.41) is 3.50. The van der Waals surface area contributed by atoms with Crippen LogP contribution < -0.4 is 10.9 Å². The average Bonchev–Trinajstić information content (AvgIpc) is 3.15. The summed E-state index contributed by atoms with van der Waals surface area (Å²) in [6, 6.07) is 19.4. The Morgan fingerprint density at radius 1 is 1.11 bits per heavy atom. The molecule has 28 heavy (non-hydrogen) atoms. The summed E-state index contributed by atoms with van der Waals surface area (Å²) < 4.78 is 1.36. The van der Waals surface area contributed by atoms with Crippen LogP contribution in [-0.2, 0) is 17.8 Å². The summed E-state index contributed by atoms with van der Waals surface area (Å²) >= 11 is 1.52. The normalized spacial score (nSPS) is 10.9. The van der Waals surface area contributed by atoms with Gasteiger partial charge in [0, 0.05) is 16.1 Å². The maximum absolute atomic E-state index is 12.7. The van der Waals surface area contributed by atoms with E-state index in [0.717, 1.165) is 22.4 Å². The van der Waals surface area contributed by atoms with Crippen LogP contribution in [0.15, 0.2) is 71.8 Å². The van der Waals surface area contributed by atoms with Crippen LogP contribution in [0.25, 0.3) is 21.3 Å². The lowest BCUT2D eigenvalue weighted by atomic mass is 10.0. The topological polar surface area (TPSA) is 64.0 Å². The molecule has 140 valence electrons. The molecule has 0 spiro atoms. The molecule has 0 aliphatic carbocycles. The average molecular weight is 389 g/mol. The van der Waals surface area contributed by atoms with Crippen molar-refractivity contribution in [3.8, 4) is 11.1 Å². The Kier molecular flexibility index (Phi) is 5.04. The number of carbonyl (C=O) groups excluding carboxylic acids is 1. The van der Waals surface area contributed by atoms with Gasteiger partial charge in [0.05, 0.1) is 11.7 Å². The monoisotopic (exact) mass is 389 g/mol. The molecule has 5 nitrogen and oxygen atoms in total. The Hall–Kier alpha value is -3.25. The molecule has 0 atom stereocenters. The predicted molar refractivity (Wildman–Crippen MR) is 114 cm³/mol. The maximum atomic E-state index is 12.7. The molecule has 0 bridgehead atoms. The molecule has 1 amide bonds. The highest BCUT2D eigenvalue weighted by atomic mass is 32.1. The van der Waals surface area contributed by atoms with Crippen molar-refractivity contribution in [1.29, 1.82) is 0 Å². The third kappa shape index (κ3) is 3.59.